The van der Waals surface area contributed by atoms with Crippen LogP contribution in [-0.4, -0.2) is 6.66 Å². The molecule has 0 amide bonds. The molecule has 0 aromatic heterocycles. The number of rotatable bonds is 5. The van der Waals surface area contributed by atoms with Gasteiger partial charge < -0.3 is 9.61 Å². The molecule has 0 aliphatic heterocycles. The first-order valence-corrected chi connectivity index (χ1v) is 9.64. The van der Waals surface area contributed by atoms with Crippen molar-refractivity contribution in [1.82, 2.24) is 0 Å². The van der Waals surface area contributed by atoms with Gasteiger partial charge in [0, 0.05) is 11.1 Å². The van der Waals surface area contributed by atoms with Gasteiger partial charge in [-0.1, -0.05) is 38.1 Å². The van der Waals surface area contributed by atoms with E-state index in [1.165, 1.54) is 5.56 Å². The number of nitrogens with one attached hydrogen (secondary N) is 1. The number of benzene rings is 2. The minimum Gasteiger partial charge on any atom is -0.429 e. The van der Waals surface area contributed by atoms with Crippen molar-refractivity contribution < 1.29 is 9.09 Å². The van der Waals surface area contributed by atoms with Crippen LogP contribution in [0.5, 0.6) is 5.75 Å². The fourth-order valence-corrected chi connectivity index (χ4v) is 3.65. The highest BCUT2D eigenvalue weighted by molar-refractivity contribution is 9.10. The molecule has 1 atom stereocenters. The maximum atomic E-state index is 12.6. The summed E-state index contributed by atoms with van der Waals surface area (Å²) in [5, 5.41) is 2.96. The summed E-state index contributed by atoms with van der Waals surface area (Å²) < 4.78 is 19.0. The highest BCUT2D eigenvalue weighted by Gasteiger charge is 2.18. The second-order valence-electron chi connectivity index (χ2n) is 5.25. The van der Waals surface area contributed by atoms with Crippen LogP contribution in [0.1, 0.15) is 25.3 Å². The summed E-state index contributed by atoms with van der Waals surface area (Å²) in [6, 6.07) is 15.2. The SMILES string of the molecule is CC(C)c1ccc(O[P@](C)(=O)Nc2ccccc2Br)cc1. The van der Waals surface area contributed by atoms with Crippen LogP contribution < -0.4 is 9.61 Å². The summed E-state index contributed by atoms with van der Waals surface area (Å²) in [5.41, 5.74) is 1.98. The molecule has 0 spiro atoms. The molecule has 0 aliphatic carbocycles. The lowest BCUT2D eigenvalue weighted by Crippen LogP contribution is -2.02. The molecule has 5 heteroatoms. The molecular formula is C16H19BrNO2P. The lowest BCUT2D eigenvalue weighted by atomic mass is 10.0. The third-order valence-electron chi connectivity index (χ3n) is 3.02. The van der Waals surface area contributed by atoms with E-state index in [9.17, 15) is 4.57 Å². The first kappa shape index (κ1) is 16.1. The summed E-state index contributed by atoms with van der Waals surface area (Å²) >= 11 is 3.42. The first-order chi connectivity index (χ1) is 9.87. The van der Waals surface area contributed by atoms with E-state index in [1.807, 2.05) is 48.5 Å². The van der Waals surface area contributed by atoms with E-state index in [2.05, 4.69) is 34.9 Å². The Morgan fingerprint density at radius 3 is 2.29 bits per heavy atom. The third-order valence-corrected chi connectivity index (χ3v) is 4.92. The Morgan fingerprint density at radius 2 is 1.71 bits per heavy atom. The van der Waals surface area contributed by atoms with Crippen LogP contribution in [0.15, 0.2) is 53.0 Å². The Kier molecular flexibility index (Phi) is 5.13. The van der Waals surface area contributed by atoms with Crippen LogP contribution in [0.2, 0.25) is 0 Å². The van der Waals surface area contributed by atoms with E-state index in [0.29, 0.717) is 11.7 Å². The largest absolute Gasteiger partial charge is 0.429 e. The van der Waals surface area contributed by atoms with Crippen molar-refractivity contribution in [2.45, 2.75) is 19.8 Å². The van der Waals surface area contributed by atoms with Gasteiger partial charge in [0.25, 0.3) is 0 Å². The van der Waals surface area contributed by atoms with Crippen molar-refractivity contribution in [3.63, 3.8) is 0 Å². The Bertz CT molecular complexity index is 656. The Balaban J connectivity index is 2.10. The molecule has 21 heavy (non-hydrogen) atoms. The van der Waals surface area contributed by atoms with Crippen LogP contribution in [0.4, 0.5) is 5.69 Å². The predicted molar refractivity (Wildman–Crippen MR) is 92.5 cm³/mol. The van der Waals surface area contributed by atoms with Crippen LogP contribution in [0.25, 0.3) is 0 Å². The van der Waals surface area contributed by atoms with Crippen LogP contribution in [0, 0.1) is 0 Å². The molecule has 0 saturated carbocycles. The summed E-state index contributed by atoms with van der Waals surface area (Å²) in [6.07, 6.45) is 0. The Hall–Kier alpha value is -1.25. The zero-order chi connectivity index (χ0) is 15.5. The van der Waals surface area contributed by atoms with Gasteiger partial charge in [-0.25, -0.2) is 0 Å². The molecular weight excluding hydrogens is 349 g/mol. The zero-order valence-corrected chi connectivity index (χ0v) is 14.8. The fourth-order valence-electron chi connectivity index (χ4n) is 1.91. The lowest BCUT2D eigenvalue weighted by Gasteiger charge is -2.18. The molecule has 112 valence electrons. The number of para-hydroxylation sites is 1. The van der Waals surface area contributed by atoms with Gasteiger partial charge in [0.05, 0.1) is 5.69 Å². The molecule has 2 aromatic carbocycles. The van der Waals surface area contributed by atoms with E-state index < -0.39 is 7.52 Å². The third kappa shape index (κ3) is 4.62. The monoisotopic (exact) mass is 367 g/mol. The van der Waals surface area contributed by atoms with E-state index in [-0.39, 0.29) is 0 Å². The molecule has 0 radical (unpaired) electrons. The highest BCUT2D eigenvalue weighted by Crippen LogP contribution is 2.44. The molecule has 2 rings (SSSR count). The average molecular weight is 368 g/mol. The summed E-state index contributed by atoms with van der Waals surface area (Å²) in [7, 11) is -2.98. The van der Waals surface area contributed by atoms with Crippen molar-refractivity contribution >= 4 is 29.1 Å². The minimum atomic E-state index is -2.98. The molecule has 1 N–H and O–H groups in total. The Labute approximate surface area is 134 Å². The van der Waals surface area contributed by atoms with E-state index >= 15 is 0 Å². The molecule has 3 nitrogen and oxygen atoms in total. The standard InChI is InChI=1S/C16H19BrNO2P/c1-12(2)13-8-10-14(11-9-13)20-21(3,19)18-16-7-5-4-6-15(16)17/h4-12H,1-3H3,(H,18,19)/t21-/m0/s1. The van der Waals surface area contributed by atoms with Gasteiger partial charge in [-0.15, -0.1) is 0 Å². The summed E-state index contributed by atoms with van der Waals surface area (Å²) in [4.78, 5) is 0. The van der Waals surface area contributed by atoms with Gasteiger partial charge in [0.2, 0.25) is 0 Å². The van der Waals surface area contributed by atoms with Crippen molar-refractivity contribution in [2.75, 3.05) is 11.8 Å². The van der Waals surface area contributed by atoms with Gasteiger partial charge >= 0.3 is 7.52 Å². The first-order valence-electron chi connectivity index (χ1n) is 6.77. The zero-order valence-electron chi connectivity index (χ0n) is 12.3. The van der Waals surface area contributed by atoms with Crippen LogP contribution in [-0.2, 0) is 4.57 Å². The quantitative estimate of drug-likeness (QED) is 0.669. The van der Waals surface area contributed by atoms with Crippen LogP contribution in [0.3, 0.4) is 0 Å². The lowest BCUT2D eigenvalue weighted by molar-refractivity contribution is 0.493. The summed E-state index contributed by atoms with van der Waals surface area (Å²) in [5.74, 6) is 1.07. The van der Waals surface area contributed by atoms with E-state index in [1.54, 1.807) is 6.66 Å². The fraction of sp³-hybridized carbons (Fsp3) is 0.250. The normalized spacial score (nSPS) is 13.8. The maximum absolute atomic E-state index is 12.6. The maximum Gasteiger partial charge on any atom is 0.338 e. The van der Waals surface area contributed by atoms with Crippen LogP contribution >= 0.6 is 23.4 Å². The highest BCUT2D eigenvalue weighted by atomic mass is 79.9. The number of hydrogen-bond acceptors (Lipinski definition) is 2. The van der Waals surface area contributed by atoms with Gasteiger partial charge in [0.1, 0.15) is 5.75 Å². The molecule has 0 saturated heterocycles. The average Bonchev–Trinajstić information content (AvgIpc) is 2.41. The second kappa shape index (κ2) is 6.67. The number of halogens is 1. The van der Waals surface area contributed by atoms with Crippen molar-refractivity contribution in [1.29, 1.82) is 0 Å². The van der Waals surface area contributed by atoms with Crippen molar-refractivity contribution in [2.24, 2.45) is 0 Å². The van der Waals surface area contributed by atoms with Gasteiger partial charge in [-0.3, -0.25) is 4.57 Å². The topological polar surface area (TPSA) is 38.3 Å². The van der Waals surface area contributed by atoms with Gasteiger partial charge in [-0.2, -0.15) is 0 Å². The molecule has 0 heterocycles. The van der Waals surface area contributed by atoms with Crippen molar-refractivity contribution in [3.8, 4) is 5.75 Å². The van der Waals surface area contributed by atoms with Gasteiger partial charge in [-0.05, 0) is 51.7 Å². The second-order valence-corrected chi connectivity index (χ2v) is 8.20. The van der Waals surface area contributed by atoms with Crippen molar-refractivity contribution in [3.05, 3.63) is 58.6 Å². The molecule has 0 unspecified atom stereocenters. The number of anilines is 1. The Morgan fingerprint density at radius 1 is 1.10 bits per heavy atom. The van der Waals surface area contributed by atoms with E-state index in [0.717, 1.165) is 10.2 Å². The number of hydrogen-bond donors (Lipinski definition) is 1. The molecule has 2 aromatic rings. The minimum absolute atomic E-state index is 0.464. The summed E-state index contributed by atoms with van der Waals surface area (Å²) in [6.45, 7) is 5.84. The molecule has 0 bridgehead atoms. The predicted octanol–water partition coefficient (Wildman–Crippen LogP) is 5.89. The van der Waals surface area contributed by atoms with E-state index in [4.69, 9.17) is 4.52 Å². The molecule has 0 fully saturated rings. The van der Waals surface area contributed by atoms with Gasteiger partial charge in [0.15, 0.2) is 0 Å². The smallest absolute Gasteiger partial charge is 0.338 e. The molecule has 0 aliphatic rings.